The van der Waals surface area contributed by atoms with E-state index in [1.54, 1.807) is 55.1 Å². The van der Waals surface area contributed by atoms with E-state index in [4.69, 9.17) is 20.0 Å². The van der Waals surface area contributed by atoms with Crippen molar-refractivity contribution in [2.75, 3.05) is 18.1 Å². The number of phosphoric ester groups is 1. The highest BCUT2D eigenvalue weighted by molar-refractivity contribution is 7.48. The van der Waals surface area contributed by atoms with E-state index in [2.05, 4.69) is 5.92 Å². The molecule has 0 bridgehead atoms. The number of rotatable bonds is 11. The molecule has 0 radical (unpaired) electrons. The van der Waals surface area contributed by atoms with Gasteiger partial charge in [-0.15, -0.1) is 6.42 Å². The lowest BCUT2D eigenvalue weighted by molar-refractivity contribution is -0.127. The average Bonchev–Trinajstić information content (AvgIpc) is 2.87. The van der Waals surface area contributed by atoms with Crippen LogP contribution in [0.1, 0.15) is 36.6 Å². The van der Waals surface area contributed by atoms with Gasteiger partial charge in [-0.05, 0) is 37.1 Å². The molecule has 3 aromatic carbocycles. The Labute approximate surface area is 201 Å². The Hall–Kier alpha value is -3.20. The minimum absolute atomic E-state index is 0.0979. The van der Waals surface area contributed by atoms with Crippen molar-refractivity contribution in [3.05, 3.63) is 102 Å². The van der Waals surface area contributed by atoms with E-state index < -0.39 is 19.8 Å². The third-order valence-electron chi connectivity index (χ3n) is 4.94. The molecule has 0 fully saturated rings. The van der Waals surface area contributed by atoms with Crippen LogP contribution < -0.4 is 4.90 Å². The van der Waals surface area contributed by atoms with Gasteiger partial charge in [0.2, 0.25) is 0 Å². The summed E-state index contributed by atoms with van der Waals surface area (Å²) in [5.74, 6) is 2.20. The number of para-hydroxylation sites is 1. The van der Waals surface area contributed by atoms with E-state index in [0.29, 0.717) is 16.8 Å². The number of hydrogen-bond acceptors (Lipinski definition) is 5. The molecule has 1 amide bonds. The van der Waals surface area contributed by atoms with Gasteiger partial charge < -0.3 is 4.90 Å². The van der Waals surface area contributed by atoms with Gasteiger partial charge in [-0.3, -0.25) is 18.4 Å². The van der Waals surface area contributed by atoms with Crippen LogP contribution in [0.5, 0.6) is 0 Å². The van der Waals surface area contributed by atoms with Crippen LogP contribution in [-0.4, -0.2) is 19.1 Å². The third kappa shape index (κ3) is 6.44. The highest BCUT2D eigenvalue weighted by Crippen LogP contribution is 2.53. The zero-order chi connectivity index (χ0) is 24.4. The molecule has 0 spiro atoms. The second kappa shape index (κ2) is 12.3. The molecule has 3 aromatic rings. The van der Waals surface area contributed by atoms with E-state index in [1.807, 2.05) is 48.5 Å². The number of terminal acetylenes is 1. The Kier molecular flexibility index (Phi) is 9.21. The van der Waals surface area contributed by atoms with Crippen LogP contribution in [0.3, 0.4) is 0 Å². The molecule has 0 saturated heterocycles. The van der Waals surface area contributed by atoms with Crippen LogP contribution in [0.4, 0.5) is 5.69 Å². The number of hydrogen-bond donors (Lipinski definition) is 0. The summed E-state index contributed by atoms with van der Waals surface area (Å²) in [4.78, 5) is 15.6. The highest BCUT2D eigenvalue weighted by atomic mass is 31.2. The van der Waals surface area contributed by atoms with Gasteiger partial charge in [0.1, 0.15) is 0 Å². The molecule has 34 heavy (non-hydrogen) atoms. The molecule has 0 N–H and O–H groups in total. The van der Waals surface area contributed by atoms with E-state index in [0.717, 1.165) is 5.56 Å². The van der Waals surface area contributed by atoms with E-state index in [9.17, 15) is 9.36 Å². The van der Waals surface area contributed by atoms with Gasteiger partial charge in [0.15, 0.2) is 6.10 Å². The number of nitrogens with zero attached hydrogens (tertiary/aromatic N) is 1. The minimum Gasteiger partial charge on any atom is -0.304 e. The first-order valence-corrected chi connectivity index (χ1v) is 12.5. The summed E-state index contributed by atoms with van der Waals surface area (Å²) in [6.07, 6.45) is 4.50. The first kappa shape index (κ1) is 25.4. The molecule has 6 nitrogen and oxygen atoms in total. The molecule has 0 aliphatic rings. The number of benzene rings is 3. The van der Waals surface area contributed by atoms with Crippen molar-refractivity contribution < 1.29 is 22.9 Å². The molecular formula is C27H28NO5P. The van der Waals surface area contributed by atoms with Crippen molar-refractivity contribution in [3.8, 4) is 12.3 Å². The van der Waals surface area contributed by atoms with E-state index >= 15 is 0 Å². The summed E-state index contributed by atoms with van der Waals surface area (Å²) in [6.45, 7) is 3.79. The maximum absolute atomic E-state index is 14.1. The molecule has 1 atom stereocenters. The standard InChI is InChI=1S/C27H28NO5P/c1-4-23-17-13-14-20-25(23)28(21-22-15-9-7-10-16-22)27(29)26(24-18-11-8-12-19-24)33-34(30,31-5-2)32-6-3/h1,7-20,26H,5-6,21H2,2-3H3. The number of carbonyl (C=O) groups is 1. The summed E-state index contributed by atoms with van der Waals surface area (Å²) < 4.78 is 29.8. The van der Waals surface area contributed by atoms with E-state index in [1.165, 1.54) is 0 Å². The molecule has 0 aliphatic carbocycles. The molecule has 176 valence electrons. The molecular weight excluding hydrogens is 449 g/mol. The van der Waals surface area contributed by atoms with Crippen molar-refractivity contribution in [2.45, 2.75) is 26.5 Å². The zero-order valence-corrected chi connectivity index (χ0v) is 20.2. The third-order valence-corrected chi connectivity index (χ3v) is 6.55. The first-order chi connectivity index (χ1) is 16.5. The lowest BCUT2D eigenvalue weighted by Gasteiger charge is -2.30. The Bertz CT molecular complexity index is 1150. The van der Waals surface area contributed by atoms with Crippen LogP contribution in [0.15, 0.2) is 84.9 Å². The number of carbonyl (C=O) groups excluding carboxylic acids is 1. The predicted molar refractivity (Wildman–Crippen MR) is 133 cm³/mol. The number of phosphoric acid groups is 1. The summed E-state index contributed by atoms with van der Waals surface area (Å²) in [6, 6.07) is 25.6. The summed E-state index contributed by atoms with van der Waals surface area (Å²) in [7, 11) is -4.02. The molecule has 0 saturated carbocycles. The van der Waals surface area contributed by atoms with Gasteiger partial charge in [0, 0.05) is 5.56 Å². The SMILES string of the molecule is C#Cc1ccccc1N(Cc1ccccc1)C(=O)C(OP(=O)(OCC)OCC)c1ccccc1. The lowest BCUT2D eigenvalue weighted by atomic mass is 10.1. The second-order valence-electron chi connectivity index (χ2n) is 7.25. The fourth-order valence-electron chi connectivity index (χ4n) is 3.44. The topological polar surface area (TPSA) is 65.1 Å². The lowest BCUT2D eigenvalue weighted by Crippen LogP contribution is -2.36. The maximum Gasteiger partial charge on any atom is 0.475 e. The van der Waals surface area contributed by atoms with Crippen LogP contribution in [0, 0.1) is 12.3 Å². The van der Waals surface area contributed by atoms with Crippen molar-refractivity contribution in [2.24, 2.45) is 0 Å². The fourth-order valence-corrected chi connectivity index (χ4v) is 4.74. The monoisotopic (exact) mass is 477 g/mol. The summed E-state index contributed by atoms with van der Waals surface area (Å²) in [5, 5.41) is 0. The largest absolute Gasteiger partial charge is 0.475 e. The Morgan fingerprint density at radius 3 is 2.06 bits per heavy atom. The van der Waals surface area contributed by atoms with Gasteiger partial charge in [-0.2, -0.15) is 0 Å². The Balaban J connectivity index is 2.09. The van der Waals surface area contributed by atoms with Crippen LogP contribution in [0.25, 0.3) is 0 Å². The van der Waals surface area contributed by atoms with Gasteiger partial charge in [0.25, 0.3) is 5.91 Å². The van der Waals surface area contributed by atoms with Crippen molar-refractivity contribution in [3.63, 3.8) is 0 Å². The minimum atomic E-state index is -4.02. The average molecular weight is 477 g/mol. The summed E-state index contributed by atoms with van der Waals surface area (Å²) >= 11 is 0. The second-order valence-corrected chi connectivity index (χ2v) is 8.87. The molecule has 7 heteroatoms. The number of anilines is 1. The summed E-state index contributed by atoms with van der Waals surface area (Å²) in [5.41, 5.74) is 2.51. The van der Waals surface area contributed by atoms with E-state index in [-0.39, 0.29) is 19.8 Å². The molecule has 0 aliphatic heterocycles. The molecule has 0 heterocycles. The van der Waals surface area contributed by atoms with Gasteiger partial charge in [-0.25, -0.2) is 4.57 Å². The smallest absolute Gasteiger partial charge is 0.304 e. The van der Waals surface area contributed by atoms with Gasteiger partial charge >= 0.3 is 7.82 Å². The quantitative estimate of drug-likeness (QED) is 0.245. The normalized spacial score (nSPS) is 12.0. The van der Waals surface area contributed by atoms with Crippen LogP contribution >= 0.6 is 7.82 Å². The van der Waals surface area contributed by atoms with Gasteiger partial charge in [-0.1, -0.05) is 78.7 Å². The van der Waals surface area contributed by atoms with Gasteiger partial charge in [0.05, 0.1) is 25.4 Å². The number of amides is 1. The molecule has 3 rings (SSSR count). The fraction of sp³-hybridized carbons (Fsp3) is 0.222. The van der Waals surface area contributed by atoms with Crippen molar-refractivity contribution in [1.29, 1.82) is 0 Å². The highest BCUT2D eigenvalue weighted by Gasteiger charge is 2.37. The first-order valence-electron chi connectivity index (χ1n) is 11.0. The van der Waals surface area contributed by atoms with Crippen LogP contribution in [0.2, 0.25) is 0 Å². The Morgan fingerprint density at radius 1 is 0.912 bits per heavy atom. The van der Waals surface area contributed by atoms with Crippen LogP contribution in [-0.2, 0) is 29.5 Å². The zero-order valence-electron chi connectivity index (χ0n) is 19.3. The maximum atomic E-state index is 14.1. The Morgan fingerprint density at radius 2 is 1.47 bits per heavy atom. The van der Waals surface area contributed by atoms with Crippen molar-refractivity contribution in [1.82, 2.24) is 0 Å². The van der Waals surface area contributed by atoms with Crippen molar-refractivity contribution >= 4 is 19.4 Å². The molecule has 0 aromatic heterocycles. The molecule has 1 unspecified atom stereocenters. The predicted octanol–water partition coefficient (Wildman–Crippen LogP) is 6.14.